The van der Waals surface area contributed by atoms with Crippen molar-refractivity contribution in [1.82, 2.24) is 4.98 Å². The van der Waals surface area contributed by atoms with Gasteiger partial charge in [-0.2, -0.15) is 0 Å². The summed E-state index contributed by atoms with van der Waals surface area (Å²) in [6.45, 7) is 16.3. The van der Waals surface area contributed by atoms with Crippen LogP contribution in [0.5, 0.6) is 0 Å². The van der Waals surface area contributed by atoms with Crippen molar-refractivity contribution in [3.63, 3.8) is 0 Å². The van der Waals surface area contributed by atoms with Crippen LogP contribution < -0.4 is 4.98 Å². The van der Waals surface area contributed by atoms with E-state index in [-0.39, 0.29) is 6.23 Å². The zero-order valence-corrected chi connectivity index (χ0v) is 16.4. The lowest BCUT2D eigenvalue weighted by Crippen LogP contribution is -2.53. The zero-order valence-electron chi connectivity index (χ0n) is 15.4. The fraction of sp³-hybridized carbons (Fsp3) is 0.778. The highest BCUT2D eigenvalue weighted by Crippen LogP contribution is 2.50. The number of allylic oxidation sites excluding steroid dienone is 4. The molecule has 0 bridgehead atoms. The molecule has 0 saturated carbocycles. The van der Waals surface area contributed by atoms with Gasteiger partial charge in [0.1, 0.15) is 8.24 Å². The minimum Gasteiger partial charge on any atom is -0.368 e. The number of hydrogen-bond donors (Lipinski definition) is 1. The van der Waals surface area contributed by atoms with E-state index in [0.717, 1.165) is 0 Å². The number of ether oxygens (including phenoxy) is 1. The Morgan fingerprint density at radius 2 is 1.38 bits per heavy atom. The Kier molecular flexibility index (Phi) is 6.89. The molecule has 1 aliphatic carbocycles. The fourth-order valence-electron chi connectivity index (χ4n) is 4.20. The van der Waals surface area contributed by atoms with E-state index < -0.39 is 8.24 Å². The molecule has 0 fully saturated rings. The molecule has 0 aromatic carbocycles. The maximum Gasteiger partial charge on any atom is 0.132 e. The van der Waals surface area contributed by atoms with Gasteiger partial charge in [0, 0.05) is 12.7 Å². The van der Waals surface area contributed by atoms with Crippen molar-refractivity contribution in [1.29, 1.82) is 0 Å². The average Bonchev–Trinajstić information content (AvgIpc) is 2.79. The van der Waals surface area contributed by atoms with Crippen LogP contribution in [0.2, 0.25) is 18.6 Å². The SMILES string of the molecule is CCC1=C(CC)C([Si](C)(C)NC(C)OC)C(CC)=C1CC. The van der Waals surface area contributed by atoms with E-state index in [0.29, 0.717) is 5.54 Å². The van der Waals surface area contributed by atoms with E-state index in [1.165, 1.54) is 25.7 Å². The monoisotopic (exact) mass is 309 g/mol. The quantitative estimate of drug-likeness (QED) is 0.479. The van der Waals surface area contributed by atoms with E-state index in [9.17, 15) is 0 Å². The second-order valence-corrected chi connectivity index (χ2v) is 10.9. The van der Waals surface area contributed by atoms with Gasteiger partial charge in [0.15, 0.2) is 0 Å². The highest BCUT2D eigenvalue weighted by Gasteiger charge is 2.42. The molecular formula is C18H35NOSi. The second-order valence-electron chi connectivity index (χ2n) is 6.60. The van der Waals surface area contributed by atoms with E-state index in [1.807, 2.05) is 0 Å². The van der Waals surface area contributed by atoms with Gasteiger partial charge < -0.3 is 9.72 Å². The van der Waals surface area contributed by atoms with Gasteiger partial charge in [0.25, 0.3) is 0 Å². The fourth-order valence-corrected chi connectivity index (χ4v) is 8.03. The van der Waals surface area contributed by atoms with Crippen LogP contribution in [0.25, 0.3) is 0 Å². The van der Waals surface area contributed by atoms with Crippen LogP contribution >= 0.6 is 0 Å². The lowest BCUT2D eigenvalue weighted by molar-refractivity contribution is 0.107. The van der Waals surface area contributed by atoms with E-state index in [1.54, 1.807) is 29.4 Å². The first kappa shape index (κ1) is 18.7. The predicted molar refractivity (Wildman–Crippen MR) is 96.1 cm³/mol. The van der Waals surface area contributed by atoms with Crippen LogP contribution in [0.3, 0.4) is 0 Å². The Morgan fingerprint density at radius 3 is 1.67 bits per heavy atom. The van der Waals surface area contributed by atoms with Crippen LogP contribution in [-0.2, 0) is 4.74 Å². The minimum absolute atomic E-state index is 0.138. The highest BCUT2D eigenvalue weighted by atomic mass is 28.3. The molecular weight excluding hydrogens is 274 g/mol. The van der Waals surface area contributed by atoms with Crippen molar-refractivity contribution >= 4 is 8.24 Å². The molecule has 0 aromatic rings. The standard InChI is InChI=1S/C18H35NOSi/c1-9-14-15(10-2)17(12-4)18(16(14)11-3)21(7,8)19-13(5)20-6/h13,18-19H,9-12H2,1-8H3. The summed E-state index contributed by atoms with van der Waals surface area (Å²) in [5.41, 5.74) is 7.39. The topological polar surface area (TPSA) is 21.3 Å². The molecule has 0 spiro atoms. The van der Waals surface area contributed by atoms with Crippen LogP contribution in [0.1, 0.15) is 60.3 Å². The number of methoxy groups -OCH3 is 1. The van der Waals surface area contributed by atoms with Crippen molar-refractivity contribution in [3.05, 3.63) is 22.3 Å². The molecule has 2 nitrogen and oxygen atoms in total. The van der Waals surface area contributed by atoms with Crippen molar-refractivity contribution in [2.75, 3.05) is 7.11 Å². The molecule has 1 N–H and O–H groups in total. The molecule has 0 amide bonds. The van der Waals surface area contributed by atoms with Gasteiger partial charge in [0.05, 0.1) is 6.23 Å². The van der Waals surface area contributed by atoms with Crippen molar-refractivity contribution in [2.45, 2.75) is 85.2 Å². The third-order valence-electron chi connectivity index (χ3n) is 4.96. The molecule has 0 aromatic heterocycles. The Balaban J connectivity index is 3.30. The Bertz CT molecular complexity index is 395. The smallest absolute Gasteiger partial charge is 0.132 e. The summed E-state index contributed by atoms with van der Waals surface area (Å²) in [6, 6.07) is 0. The summed E-state index contributed by atoms with van der Waals surface area (Å²) in [5, 5.41) is 0. The molecule has 1 rings (SSSR count). The molecule has 0 aliphatic heterocycles. The lowest BCUT2D eigenvalue weighted by Gasteiger charge is -2.36. The van der Waals surface area contributed by atoms with Crippen LogP contribution in [0.15, 0.2) is 22.3 Å². The number of hydrogen-bond acceptors (Lipinski definition) is 2. The summed E-state index contributed by atoms with van der Waals surface area (Å²) >= 11 is 0. The van der Waals surface area contributed by atoms with Crippen molar-refractivity contribution in [2.24, 2.45) is 0 Å². The zero-order chi connectivity index (χ0) is 16.2. The Morgan fingerprint density at radius 1 is 0.952 bits per heavy atom. The molecule has 0 heterocycles. The molecule has 21 heavy (non-hydrogen) atoms. The summed E-state index contributed by atoms with van der Waals surface area (Å²) in [6.07, 6.45) is 4.85. The van der Waals surface area contributed by atoms with Crippen LogP contribution in [0, 0.1) is 0 Å². The largest absolute Gasteiger partial charge is 0.368 e. The highest BCUT2D eigenvalue weighted by molar-refractivity contribution is 6.78. The summed E-state index contributed by atoms with van der Waals surface area (Å²) in [4.78, 5) is 3.81. The van der Waals surface area contributed by atoms with Gasteiger partial charge in [-0.3, -0.25) is 0 Å². The second kappa shape index (κ2) is 7.75. The molecule has 0 radical (unpaired) electrons. The first-order valence-electron chi connectivity index (χ1n) is 8.62. The third kappa shape index (κ3) is 3.69. The normalized spacial score (nSPS) is 18.9. The van der Waals surface area contributed by atoms with Gasteiger partial charge in [-0.05, 0) is 43.8 Å². The molecule has 1 aliphatic rings. The van der Waals surface area contributed by atoms with Gasteiger partial charge in [-0.1, -0.05) is 51.9 Å². The number of nitrogens with one attached hydrogen (secondary N) is 1. The van der Waals surface area contributed by atoms with Crippen molar-refractivity contribution < 1.29 is 4.74 Å². The third-order valence-corrected chi connectivity index (χ3v) is 8.25. The molecule has 1 unspecified atom stereocenters. The summed E-state index contributed by atoms with van der Waals surface area (Å²) in [5.74, 6) is 0. The van der Waals surface area contributed by atoms with E-state index >= 15 is 0 Å². The predicted octanol–water partition coefficient (Wildman–Crippen LogP) is 5.39. The first-order chi connectivity index (χ1) is 9.87. The van der Waals surface area contributed by atoms with Crippen LogP contribution in [0.4, 0.5) is 0 Å². The van der Waals surface area contributed by atoms with E-state index in [4.69, 9.17) is 4.74 Å². The number of rotatable bonds is 8. The van der Waals surface area contributed by atoms with Gasteiger partial charge in [-0.25, -0.2) is 0 Å². The van der Waals surface area contributed by atoms with Gasteiger partial charge in [0.2, 0.25) is 0 Å². The Labute approximate surface area is 133 Å². The first-order valence-corrected chi connectivity index (χ1v) is 11.7. The molecule has 0 saturated heterocycles. The molecule has 3 heteroatoms. The van der Waals surface area contributed by atoms with Crippen molar-refractivity contribution in [3.8, 4) is 0 Å². The Hall–Kier alpha value is -0.383. The van der Waals surface area contributed by atoms with Gasteiger partial charge >= 0.3 is 0 Å². The maximum absolute atomic E-state index is 5.48. The lowest BCUT2D eigenvalue weighted by atomic mass is 9.99. The minimum atomic E-state index is -1.63. The summed E-state index contributed by atoms with van der Waals surface area (Å²) in [7, 11) is 0.161. The van der Waals surface area contributed by atoms with Crippen LogP contribution in [-0.4, -0.2) is 21.6 Å². The maximum atomic E-state index is 5.48. The molecule has 1 atom stereocenters. The molecule has 122 valence electrons. The van der Waals surface area contributed by atoms with Gasteiger partial charge in [-0.15, -0.1) is 0 Å². The average molecular weight is 310 g/mol. The van der Waals surface area contributed by atoms with E-state index in [2.05, 4.69) is 52.7 Å². The summed E-state index contributed by atoms with van der Waals surface area (Å²) < 4.78 is 5.48.